The van der Waals surface area contributed by atoms with Crippen LogP contribution in [0.1, 0.15) is 11.4 Å². The van der Waals surface area contributed by atoms with Gasteiger partial charge in [-0.05, 0) is 29.8 Å². The predicted octanol–water partition coefficient (Wildman–Crippen LogP) is 5.29. The molecule has 0 aliphatic heterocycles. The van der Waals surface area contributed by atoms with Gasteiger partial charge in [-0.25, -0.2) is 0 Å². The minimum Gasteiger partial charge on any atom is -0.325 e. The zero-order valence-electron chi connectivity index (χ0n) is 15.1. The number of halogens is 2. The van der Waals surface area contributed by atoms with Crippen molar-refractivity contribution >= 4 is 58.3 Å². The van der Waals surface area contributed by atoms with Crippen molar-refractivity contribution in [1.29, 1.82) is 0 Å². The van der Waals surface area contributed by atoms with E-state index in [2.05, 4.69) is 15.5 Å². The van der Waals surface area contributed by atoms with Gasteiger partial charge < -0.3 is 9.88 Å². The second-order valence-corrected chi connectivity index (χ2v) is 8.66. The van der Waals surface area contributed by atoms with Gasteiger partial charge in [0.05, 0.1) is 11.5 Å². The lowest BCUT2D eigenvalue weighted by Crippen LogP contribution is -2.14. The summed E-state index contributed by atoms with van der Waals surface area (Å²) < 4.78 is 1.91. The van der Waals surface area contributed by atoms with E-state index in [1.54, 1.807) is 17.8 Å². The summed E-state index contributed by atoms with van der Waals surface area (Å²) in [7, 11) is 1.91. The van der Waals surface area contributed by atoms with E-state index in [4.69, 9.17) is 23.2 Å². The molecule has 0 unspecified atom stereocenters. The van der Waals surface area contributed by atoms with E-state index in [-0.39, 0.29) is 11.7 Å². The lowest BCUT2D eigenvalue weighted by Gasteiger charge is -2.06. The summed E-state index contributed by atoms with van der Waals surface area (Å²) in [4.78, 5) is 12.1. The highest BCUT2D eigenvalue weighted by Gasteiger charge is 2.12. The number of carbonyl (C=O) groups excluding carboxylic acids is 1. The van der Waals surface area contributed by atoms with Crippen LogP contribution in [-0.4, -0.2) is 26.4 Å². The number of nitrogens with one attached hydrogen (secondary N) is 1. The van der Waals surface area contributed by atoms with Gasteiger partial charge in [0.1, 0.15) is 5.82 Å². The molecule has 0 aliphatic carbocycles. The molecule has 5 nitrogen and oxygen atoms in total. The van der Waals surface area contributed by atoms with E-state index < -0.39 is 0 Å². The van der Waals surface area contributed by atoms with Crippen molar-refractivity contribution in [3.63, 3.8) is 0 Å². The summed E-state index contributed by atoms with van der Waals surface area (Å²) in [6, 6.07) is 14.9. The molecular formula is C19H18Cl2N4OS2. The highest BCUT2D eigenvalue weighted by Crippen LogP contribution is 2.26. The van der Waals surface area contributed by atoms with Crippen LogP contribution in [0, 0.1) is 0 Å². The Kier molecular flexibility index (Phi) is 7.67. The maximum atomic E-state index is 12.1. The summed E-state index contributed by atoms with van der Waals surface area (Å²) in [6.07, 6.45) is 0. The van der Waals surface area contributed by atoms with Crippen LogP contribution in [0.4, 0.5) is 5.69 Å². The predicted molar refractivity (Wildman–Crippen MR) is 118 cm³/mol. The molecule has 1 N–H and O–H groups in total. The number of nitrogens with zero attached hydrogens (tertiary/aromatic N) is 3. The largest absolute Gasteiger partial charge is 0.325 e. The molecule has 1 heterocycles. The Hall–Kier alpha value is -1.67. The molecule has 0 radical (unpaired) electrons. The minimum atomic E-state index is -0.0764. The topological polar surface area (TPSA) is 59.8 Å². The molecule has 2 aromatic carbocycles. The number of benzene rings is 2. The van der Waals surface area contributed by atoms with Crippen molar-refractivity contribution in [2.45, 2.75) is 16.7 Å². The van der Waals surface area contributed by atoms with Gasteiger partial charge in [0, 0.05) is 28.5 Å². The van der Waals surface area contributed by atoms with E-state index in [1.807, 2.05) is 54.1 Å². The van der Waals surface area contributed by atoms with Crippen LogP contribution in [0.5, 0.6) is 0 Å². The maximum Gasteiger partial charge on any atom is 0.234 e. The van der Waals surface area contributed by atoms with Crippen molar-refractivity contribution in [1.82, 2.24) is 14.8 Å². The number of anilines is 1. The number of carbonyl (C=O) groups is 1. The Labute approximate surface area is 182 Å². The average molecular weight is 453 g/mol. The lowest BCUT2D eigenvalue weighted by molar-refractivity contribution is -0.113. The molecule has 28 heavy (non-hydrogen) atoms. The number of amides is 1. The van der Waals surface area contributed by atoms with Crippen LogP contribution in [0.15, 0.2) is 53.7 Å². The molecule has 0 spiro atoms. The first-order valence-electron chi connectivity index (χ1n) is 8.40. The van der Waals surface area contributed by atoms with Crippen LogP contribution in [0.2, 0.25) is 10.0 Å². The molecule has 9 heteroatoms. The van der Waals surface area contributed by atoms with Crippen molar-refractivity contribution < 1.29 is 4.79 Å². The third-order valence-corrected chi connectivity index (χ3v) is 6.40. The Morgan fingerprint density at radius 1 is 1.11 bits per heavy atom. The SMILES string of the molecule is Cn1c(CSCc2ccc(Cl)cc2Cl)nnc1SCC(=O)Nc1ccccc1. The average Bonchev–Trinajstić information content (AvgIpc) is 3.02. The molecule has 0 atom stereocenters. The molecule has 146 valence electrons. The molecule has 0 fully saturated rings. The zero-order chi connectivity index (χ0) is 19.9. The number of rotatable bonds is 8. The van der Waals surface area contributed by atoms with Crippen molar-refractivity contribution in [2.75, 3.05) is 11.1 Å². The fourth-order valence-corrected chi connectivity index (χ4v) is 4.63. The quantitative estimate of drug-likeness (QED) is 0.470. The van der Waals surface area contributed by atoms with Crippen molar-refractivity contribution in [3.8, 4) is 0 Å². The fourth-order valence-electron chi connectivity index (χ4n) is 2.34. The molecule has 3 rings (SSSR count). The third kappa shape index (κ3) is 5.91. The molecule has 0 aliphatic rings. The normalized spacial score (nSPS) is 10.8. The Balaban J connectivity index is 1.48. The van der Waals surface area contributed by atoms with Gasteiger partial charge in [-0.3, -0.25) is 4.79 Å². The second-order valence-electron chi connectivity index (χ2n) is 5.89. The second kappa shape index (κ2) is 10.2. The number of aromatic nitrogens is 3. The number of thioether (sulfide) groups is 2. The smallest absolute Gasteiger partial charge is 0.234 e. The Morgan fingerprint density at radius 2 is 1.89 bits per heavy atom. The first kappa shape index (κ1) is 21.0. The first-order valence-corrected chi connectivity index (χ1v) is 11.3. The van der Waals surface area contributed by atoms with Gasteiger partial charge >= 0.3 is 0 Å². The third-order valence-electron chi connectivity index (χ3n) is 3.82. The van der Waals surface area contributed by atoms with Crippen LogP contribution < -0.4 is 5.32 Å². The van der Waals surface area contributed by atoms with E-state index >= 15 is 0 Å². The fraction of sp³-hybridized carbons (Fsp3) is 0.211. The Bertz CT molecular complexity index is 950. The van der Waals surface area contributed by atoms with E-state index in [9.17, 15) is 4.79 Å². The van der Waals surface area contributed by atoms with Gasteiger partial charge in [-0.2, -0.15) is 0 Å². The van der Waals surface area contributed by atoms with Gasteiger partial charge in [0.15, 0.2) is 5.16 Å². The summed E-state index contributed by atoms with van der Waals surface area (Å²) in [5, 5.41) is 13.3. The molecule has 0 saturated carbocycles. The molecular weight excluding hydrogens is 435 g/mol. The number of hydrogen-bond donors (Lipinski definition) is 1. The van der Waals surface area contributed by atoms with Gasteiger partial charge in [-0.1, -0.05) is 59.2 Å². The number of para-hydroxylation sites is 1. The summed E-state index contributed by atoms with van der Waals surface area (Å²) in [5.74, 6) is 2.49. The van der Waals surface area contributed by atoms with Crippen LogP contribution in [-0.2, 0) is 23.3 Å². The monoisotopic (exact) mass is 452 g/mol. The van der Waals surface area contributed by atoms with Crippen molar-refractivity contribution in [3.05, 3.63) is 70.0 Å². The standard InChI is InChI=1S/C19H18Cl2N4OS2/c1-25-17(11-27-10-13-7-8-14(20)9-16(13)21)23-24-19(25)28-12-18(26)22-15-5-3-2-4-6-15/h2-9H,10-12H2,1H3,(H,22,26). The summed E-state index contributed by atoms with van der Waals surface area (Å²) >= 11 is 15.2. The molecule has 0 saturated heterocycles. The van der Waals surface area contributed by atoms with Gasteiger partial charge in [0.2, 0.25) is 5.91 Å². The minimum absolute atomic E-state index is 0.0764. The molecule has 1 aromatic heterocycles. The first-order chi connectivity index (χ1) is 13.5. The van der Waals surface area contributed by atoms with E-state index in [0.717, 1.165) is 22.8 Å². The lowest BCUT2D eigenvalue weighted by atomic mass is 10.2. The molecule has 0 bridgehead atoms. The van der Waals surface area contributed by atoms with E-state index in [1.165, 1.54) is 11.8 Å². The zero-order valence-corrected chi connectivity index (χ0v) is 18.2. The highest BCUT2D eigenvalue weighted by molar-refractivity contribution is 7.99. The van der Waals surface area contributed by atoms with Crippen LogP contribution in [0.3, 0.4) is 0 Å². The van der Waals surface area contributed by atoms with Crippen molar-refractivity contribution in [2.24, 2.45) is 7.05 Å². The van der Waals surface area contributed by atoms with Crippen LogP contribution in [0.25, 0.3) is 0 Å². The molecule has 3 aromatic rings. The van der Waals surface area contributed by atoms with E-state index in [0.29, 0.717) is 21.0 Å². The number of hydrogen-bond acceptors (Lipinski definition) is 5. The summed E-state index contributed by atoms with van der Waals surface area (Å²) in [5.41, 5.74) is 1.81. The molecule has 1 amide bonds. The van der Waals surface area contributed by atoms with Crippen LogP contribution >= 0.6 is 46.7 Å². The van der Waals surface area contributed by atoms with Gasteiger partial charge in [-0.15, -0.1) is 22.0 Å². The Morgan fingerprint density at radius 3 is 2.64 bits per heavy atom. The summed E-state index contributed by atoms with van der Waals surface area (Å²) in [6.45, 7) is 0. The maximum absolute atomic E-state index is 12.1. The highest BCUT2D eigenvalue weighted by atomic mass is 35.5. The van der Waals surface area contributed by atoms with Gasteiger partial charge in [0.25, 0.3) is 0 Å².